The van der Waals surface area contributed by atoms with E-state index in [0.29, 0.717) is 13.1 Å². The van der Waals surface area contributed by atoms with Crippen molar-refractivity contribution in [1.82, 2.24) is 9.88 Å². The van der Waals surface area contributed by atoms with Gasteiger partial charge in [0.25, 0.3) is 5.91 Å². The van der Waals surface area contributed by atoms with Crippen LogP contribution in [-0.4, -0.2) is 29.4 Å². The number of anilines is 1. The molecule has 2 heterocycles. The molecule has 6 nitrogen and oxygen atoms in total. The molecular weight excluding hydrogens is 378 g/mol. The molecule has 0 bridgehead atoms. The van der Waals surface area contributed by atoms with Crippen molar-refractivity contribution in [2.75, 3.05) is 19.0 Å². The Bertz CT molecular complexity index is 1030. The van der Waals surface area contributed by atoms with E-state index in [-0.39, 0.29) is 11.9 Å². The molecule has 0 fully saturated rings. The van der Waals surface area contributed by atoms with Crippen LogP contribution in [0.15, 0.2) is 60.8 Å². The predicted molar refractivity (Wildman–Crippen MR) is 116 cm³/mol. The number of nitrogens with zero attached hydrogens (tertiary/aromatic N) is 2. The van der Waals surface area contributed by atoms with Gasteiger partial charge >= 0.3 is 0 Å². The second-order valence-electron chi connectivity index (χ2n) is 7.22. The number of pyridine rings is 1. The van der Waals surface area contributed by atoms with Crippen molar-refractivity contribution < 1.29 is 14.3 Å². The molecule has 1 aromatic heterocycles. The third-order valence-corrected chi connectivity index (χ3v) is 5.33. The average molecular weight is 403 g/mol. The van der Waals surface area contributed by atoms with Gasteiger partial charge in [0.1, 0.15) is 23.1 Å². The van der Waals surface area contributed by atoms with Crippen molar-refractivity contribution in [3.8, 4) is 17.2 Å². The van der Waals surface area contributed by atoms with Crippen molar-refractivity contribution in [2.45, 2.75) is 26.4 Å². The van der Waals surface area contributed by atoms with E-state index in [2.05, 4.69) is 17.2 Å². The van der Waals surface area contributed by atoms with E-state index in [4.69, 9.17) is 9.47 Å². The van der Waals surface area contributed by atoms with Gasteiger partial charge in [-0.15, -0.1) is 0 Å². The van der Waals surface area contributed by atoms with Crippen LogP contribution >= 0.6 is 0 Å². The molecule has 1 atom stereocenters. The second kappa shape index (κ2) is 8.45. The van der Waals surface area contributed by atoms with Crippen LogP contribution in [0.25, 0.3) is 0 Å². The molecule has 0 saturated heterocycles. The van der Waals surface area contributed by atoms with Crippen LogP contribution in [0.5, 0.6) is 17.2 Å². The number of ether oxygens (including phenoxy) is 2. The van der Waals surface area contributed by atoms with Gasteiger partial charge in [0.15, 0.2) is 0 Å². The van der Waals surface area contributed by atoms with Gasteiger partial charge in [0.05, 0.1) is 13.7 Å². The number of carbonyl (C=O) groups is 1. The first-order chi connectivity index (χ1) is 14.6. The van der Waals surface area contributed by atoms with Crippen LogP contribution in [0.2, 0.25) is 0 Å². The Labute approximate surface area is 176 Å². The maximum Gasteiger partial charge on any atom is 0.254 e. The first-order valence-electron chi connectivity index (χ1n) is 10.0. The van der Waals surface area contributed by atoms with Crippen LogP contribution in [-0.2, 0) is 6.54 Å². The lowest BCUT2D eigenvalue weighted by molar-refractivity contribution is 0.0787. The van der Waals surface area contributed by atoms with E-state index < -0.39 is 0 Å². The summed E-state index contributed by atoms with van der Waals surface area (Å²) in [6.07, 6.45) is 1.69. The summed E-state index contributed by atoms with van der Waals surface area (Å²) in [6, 6.07) is 17.3. The highest BCUT2D eigenvalue weighted by Gasteiger charge is 2.29. The molecule has 30 heavy (non-hydrogen) atoms. The summed E-state index contributed by atoms with van der Waals surface area (Å²) in [6.45, 7) is 5.36. The molecule has 0 radical (unpaired) electrons. The lowest BCUT2D eigenvalue weighted by Crippen LogP contribution is -2.22. The van der Waals surface area contributed by atoms with Crippen LogP contribution in [0.3, 0.4) is 0 Å². The van der Waals surface area contributed by atoms with Crippen LogP contribution in [0, 0.1) is 0 Å². The highest BCUT2D eigenvalue weighted by Crippen LogP contribution is 2.30. The Morgan fingerprint density at radius 3 is 2.30 bits per heavy atom. The highest BCUT2D eigenvalue weighted by molar-refractivity contribution is 5.99. The standard InChI is InChI=1S/C24H25N3O3/c1-4-27-15-22-21(24(27)28)13-14-25-23(22)26-16(2)17-5-7-19(8-6-17)30-20-11-9-18(29-3)10-12-20/h5-14,16H,4,15H2,1-3H3,(H,25,26). The van der Waals surface area contributed by atoms with Crippen molar-refractivity contribution in [3.05, 3.63) is 77.5 Å². The van der Waals surface area contributed by atoms with Gasteiger partial charge in [-0.05, 0) is 61.9 Å². The lowest BCUT2D eigenvalue weighted by Gasteiger charge is -2.18. The number of methoxy groups -OCH3 is 1. The molecule has 0 spiro atoms. The van der Waals surface area contributed by atoms with Gasteiger partial charge < -0.3 is 19.7 Å². The van der Waals surface area contributed by atoms with Crippen LogP contribution in [0.1, 0.15) is 41.4 Å². The van der Waals surface area contributed by atoms with E-state index in [1.54, 1.807) is 19.4 Å². The predicted octanol–water partition coefficient (Wildman–Crippen LogP) is 5.03. The Morgan fingerprint density at radius 1 is 1.03 bits per heavy atom. The summed E-state index contributed by atoms with van der Waals surface area (Å²) in [5.41, 5.74) is 2.81. The van der Waals surface area contributed by atoms with Crippen molar-refractivity contribution in [2.24, 2.45) is 0 Å². The molecule has 154 valence electrons. The SMILES string of the molecule is CCN1Cc2c(ccnc2NC(C)c2ccc(Oc3ccc(OC)cc3)cc2)C1=O. The normalized spacial score (nSPS) is 13.7. The molecule has 4 rings (SSSR count). The number of nitrogens with one attached hydrogen (secondary N) is 1. The molecule has 3 aromatic rings. The number of hydrogen-bond acceptors (Lipinski definition) is 5. The van der Waals surface area contributed by atoms with Gasteiger partial charge in [-0.25, -0.2) is 4.98 Å². The monoisotopic (exact) mass is 403 g/mol. The Balaban J connectivity index is 1.45. The maximum absolute atomic E-state index is 12.4. The minimum absolute atomic E-state index is 0.0322. The smallest absolute Gasteiger partial charge is 0.254 e. The van der Waals surface area contributed by atoms with Gasteiger partial charge in [0, 0.05) is 29.9 Å². The molecule has 1 aliphatic rings. The van der Waals surface area contributed by atoms with E-state index in [0.717, 1.165) is 39.8 Å². The van der Waals surface area contributed by atoms with E-state index in [1.165, 1.54) is 0 Å². The van der Waals surface area contributed by atoms with Gasteiger partial charge in [-0.1, -0.05) is 12.1 Å². The van der Waals surface area contributed by atoms with E-state index in [1.807, 2.05) is 60.4 Å². The zero-order valence-electron chi connectivity index (χ0n) is 17.4. The van der Waals surface area contributed by atoms with E-state index in [9.17, 15) is 4.79 Å². The molecule has 2 aromatic carbocycles. The fourth-order valence-electron chi connectivity index (χ4n) is 3.56. The summed E-state index contributed by atoms with van der Waals surface area (Å²) >= 11 is 0. The fourth-order valence-corrected chi connectivity index (χ4v) is 3.56. The molecule has 0 aliphatic carbocycles. The van der Waals surface area contributed by atoms with Crippen molar-refractivity contribution in [3.63, 3.8) is 0 Å². The van der Waals surface area contributed by atoms with Crippen LogP contribution in [0.4, 0.5) is 5.82 Å². The molecule has 1 aliphatic heterocycles. The zero-order valence-corrected chi connectivity index (χ0v) is 17.4. The lowest BCUT2D eigenvalue weighted by atomic mass is 10.1. The number of rotatable bonds is 7. The van der Waals surface area contributed by atoms with Gasteiger partial charge in [0.2, 0.25) is 0 Å². The van der Waals surface area contributed by atoms with Crippen molar-refractivity contribution >= 4 is 11.7 Å². The number of fused-ring (bicyclic) bond motifs is 1. The largest absolute Gasteiger partial charge is 0.497 e. The summed E-state index contributed by atoms with van der Waals surface area (Å²) in [7, 11) is 1.64. The first kappa shape index (κ1) is 19.8. The summed E-state index contributed by atoms with van der Waals surface area (Å²) < 4.78 is 11.1. The summed E-state index contributed by atoms with van der Waals surface area (Å²) in [4.78, 5) is 18.7. The number of hydrogen-bond donors (Lipinski definition) is 1. The topological polar surface area (TPSA) is 63.7 Å². The highest BCUT2D eigenvalue weighted by atomic mass is 16.5. The third kappa shape index (κ3) is 3.94. The molecule has 1 unspecified atom stereocenters. The number of benzene rings is 2. The first-order valence-corrected chi connectivity index (χ1v) is 10.0. The zero-order chi connectivity index (χ0) is 21.1. The summed E-state index contributed by atoms with van der Waals surface area (Å²) in [5.74, 6) is 3.15. The Kier molecular flexibility index (Phi) is 5.57. The molecular formula is C24H25N3O3. The molecule has 6 heteroatoms. The molecule has 1 N–H and O–H groups in total. The average Bonchev–Trinajstić information content (AvgIpc) is 3.11. The number of amides is 1. The Morgan fingerprint density at radius 2 is 1.67 bits per heavy atom. The minimum atomic E-state index is 0.0322. The maximum atomic E-state index is 12.4. The van der Waals surface area contributed by atoms with Crippen molar-refractivity contribution in [1.29, 1.82) is 0 Å². The van der Waals surface area contributed by atoms with Gasteiger partial charge in [-0.2, -0.15) is 0 Å². The van der Waals surface area contributed by atoms with Gasteiger partial charge in [-0.3, -0.25) is 4.79 Å². The number of aromatic nitrogens is 1. The minimum Gasteiger partial charge on any atom is -0.497 e. The second-order valence-corrected chi connectivity index (χ2v) is 7.22. The van der Waals surface area contributed by atoms with E-state index >= 15 is 0 Å². The molecule has 1 amide bonds. The quantitative estimate of drug-likeness (QED) is 0.599. The van der Waals surface area contributed by atoms with Crippen LogP contribution < -0.4 is 14.8 Å². The summed E-state index contributed by atoms with van der Waals surface area (Å²) in [5, 5.41) is 3.46. The number of carbonyl (C=O) groups excluding carboxylic acids is 1. The Hall–Kier alpha value is -3.54. The fraction of sp³-hybridized carbons (Fsp3) is 0.250. The molecule has 0 saturated carbocycles. The third-order valence-electron chi connectivity index (χ3n) is 5.33.